The van der Waals surface area contributed by atoms with Crippen molar-refractivity contribution in [2.24, 2.45) is 0 Å². The maximum Gasteiger partial charge on any atom is 0.329 e. The highest BCUT2D eigenvalue weighted by atomic mass is 16.4. The van der Waals surface area contributed by atoms with Gasteiger partial charge in [0, 0.05) is 13.0 Å². The Hall–Kier alpha value is -1.70. The van der Waals surface area contributed by atoms with Crippen molar-refractivity contribution >= 4 is 12.0 Å². The van der Waals surface area contributed by atoms with Crippen LogP contribution in [0.2, 0.25) is 0 Å². The molecule has 0 aliphatic heterocycles. The van der Waals surface area contributed by atoms with Crippen molar-refractivity contribution in [2.45, 2.75) is 37.6 Å². The van der Waals surface area contributed by atoms with Crippen LogP contribution in [0.1, 0.15) is 32.1 Å². The third kappa shape index (κ3) is 2.89. The van der Waals surface area contributed by atoms with Crippen molar-refractivity contribution in [2.75, 3.05) is 6.54 Å². The summed E-state index contributed by atoms with van der Waals surface area (Å²) in [6.07, 6.45) is 8.12. The molecule has 1 saturated carbocycles. The van der Waals surface area contributed by atoms with Crippen LogP contribution in [0, 0.1) is 12.3 Å². The summed E-state index contributed by atoms with van der Waals surface area (Å²) in [5.41, 5.74) is -1.08. The van der Waals surface area contributed by atoms with E-state index in [4.69, 9.17) is 11.5 Å². The van der Waals surface area contributed by atoms with Gasteiger partial charge in [-0.1, -0.05) is 12.8 Å². The lowest BCUT2D eigenvalue weighted by molar-refractivity contribution is -0.144. The molecule has 1 rings (SSSR count). The number of hydrogen-bond donors (Lipinski definition) is 3. The molecule has 2 amide bonds. The SMILES string of the molecule is C#CCCNC(=O)NC1(C(=O)O)CCCC1. The molecule has 0 saturated heterocycles. The fraction of sp³-hybridized carbons (Fsp3) is 0.636. The monoisotopic (exact) mass is 224 g/mol. The van der Waals surface area contributed by atoms with Gasteiger partial charge in [0.05, 0.1) is 0 Å². The first-order chi connectivity index (χ1) is 7.60. The molecular weight excluding hydrogens is 208 g/mol. The smallest absolute Gasteiger partial charge is 0.329 e. The van der Waals surface area contributed by atoms with Crippen LogP contribution in [-0.2, 0) is 4.79 Å². The molecule has 5 heteroatoms. The van der Waals surface area contributed by atoms with Gasteiger partial charge in [-0.15, -0.1) is 12.3 Å². The van der Waals surface area contributed by atoms with Crippen LogP contribution >= 0.6 is 0 Å². The highest BCUT2D eigenvalue weighted by Crippen LogP contribution is 2.29. The Balaban J connectivity index is 2.47. The highest BCUT2D eigenvalue weighted by Gasteiger charge is 2.42. The summed E-state index contributed by atoms with van der Waals surface area (Å²) in [4.78, 5) is 22.5. The number of aliphatic carboxylic acids is 1. The molecule has 1 aliphatic carbocycles. The minimum Gasteiger partial charge on any atom is -0.480 e. The third-order valence-corrected chi connectivity index (χ3v) is 2.77. The lowest BCUT2D eigenvalue weighted by Crippen LogP contribution is -2.55. The molecule has 0 spiro atoms. The number of carboxylic acids is 1. The Morgan fingerprint density at radius 2 is 2.00 bits per heavy atom. The van der Waals surface area contributed by atoms with Gasteiger partial charge < -0.3 is 15.7 Å². The second-order valence-electron chi connectivity index (χ2n) is 3.93. The molecule has 0 heterocycles. The molecule has 0 aromatic heterocycles. The van der Waals surface area contributed by atoms with E-state index in [1.54, 1.807) is 0 Å². The van der Waals surface area contributed by atoms with Crippen LogP contribution in [0.4, 0.5) is 4.79 Å². The van der Waals surface area contributed by atoms with Crippen LogP contribution in [0.3, 0.4) is 0 Å². The molecule has 1 aliphatic rings. The second kappa shape index (κ2) is 5.40. The van der Waals surface area contributed by atoms with Crippen LogP contribution in [0.5, 0.6) is 0 Å². The van der Waals surface area contributed by atoms with Gasteiger partial charge >= 0.3 is 12.0 Å². The van der Waals surface area contributed by atoms with Gasteiger partial charge in [-0.25, -0.2) is 9.59 Å². The van der Waals surface area contributed by atoms with Crippen molar-refractivity contribution in [1.29, 1.82) is 0 Å². The minimum atomic E-state index is -1.08. The summed E-state index contributed by atoms with van der Waals surface area (Å²) in [6.45, 7) is 0.359. The van der Waals surface area contributed by atoms with Crippen molar-refractivity contribution in [1.82, 2.24) is 10.6 Å². The molecule has 88 valence electrons. The molecule has 3 N–H and O–H groups in total. The summed E-state index contributed by atoms with van der Waals surface area (Å²) < 4.78 is 0. The highest BCUT2D eigenvalue weighted by molar-refractivity contribution is 5.86. The van der Waals surface area contributed by atoms with E-state index >= 15 is 0 Å². The first kappa shape index (κ1) is 12.4. The predicted molar refractivity (Wildman–Crippen MR) is 58.8 cm³/mol. The van der Waals surface area contributed by atoms with Gasteiger partial charge in [0.1, 0.15) is 5.54 Å². The predicted octanol–water partition coefficient (Wildman–Crippen LogP) is 0.706. The molecular formula is C11H16N2O3. The Kier molecular flexibility index (Phi) is 4.18. The van der Waals surface area contributed by atoms with Crippen molar-refractivity contribution in [3.63, 3.8) is 0 Å². The number of amides is 2. The van der Waals surface area contributed by atoms with Crippen molar-refractivity contribution in [3.8, 4) is 12.3 Å². The van der Waals surface area contributed by atoms with E-state index in [9.17, 15) is 9.59 Å². The molecule has 0 radical (unpaired) electrons. The van der Waals surface area contributed by atoms with E-state index in [0.717, 1.165) is 12.8 Å². The average Bonchev–Trinajstić information content (AvgIpc) is 2.68. The number of hydrogen-bond acceptors (Lipinski definition) is 2. The maximum absolute atomic E-state index is 11.4. The standard InChI is InChI=1S/C11H16N2O3/c1-2-3-8-12-10(16)13-11(9(14)15)6-4-5-7-11/h1H,3-8H2,(H,14,15)(H2,12,13,16). The van der Waals surface area contributed by atoms with Crippen LogP contribution < -0.4 is 10.6 Å². The number of carboxylic acid groups (broad SMARTS) is 1. The first-order valence-electron chi connectivity index (χ1n) is 5.33. The lowest BCUT2D eigenvalue weighted by atomic mass is 9.98. The summed E-state index contributed by atoms with van der Waals surface area (Å²) in [6, 6.07) is -0.459. The lowest BCUT2D eigenvalue weighted by Gasteiger charge is -2.25. The quantitative estimate of drug-likeness (QED) is 0.486. The van der Waals surface area contributed by atoms with E-state index < -0.39 is 17.5 Å². The van der Waals surface area contributed by atoms with E-state index in [1.807, 2.05) is 0 Å². The number of carbonyl (C=O) groups excluding carboxylic acids is 1. The van der Waals surface area contributed by atoms with Crippen molar-refractivity contribution < 1.29 is 14.7 Å². The molecule has 1 fully saturated rings. The largest absolute Gasteiger partial charge is 0.480 e. The zero-order valence-corrected chi connectivity index (χ0v) is 9.08. The minimum absolute atomic E-state index is 0.359. The molecule has 0 aromatic rings. The fourth-order valence-electron chi connectivity index (χ4n) is 1.88. The van der Waals surface area contributed by atoms with E-state index in [-0.39, 0.29) is 0 Å². The van der Waals surface area contributed by atoms with Crippen LogP contribution in [0.15, 0.2) is 0 Å². The van der Waals surface area contributed by atoms with Gasteiger partial charge in [0.2, 0.25) is 0 Å². The number of terminal acetylenes is 1. The van der Waals surface area contributed by atoms with Gasteiger partial charge in [0.15, 0.2) is 0 Å². The van der Waals surface area contributed by atoms with E-state index in [2.05, 4.69) is 16.6 Å². The van der Waals surface area contributed by atoms with Gasteiger partial charge in [-0.05, 0) is 12.8 Å². The van der Waals surface area contributed by atoms with Gasteiger partial charge in [0.25, 0.3) is 0 Å². The Bertz CT molecular complexity index is 314. The number of rotatable bonds is 4. The average molecular weight is 224 g/mol. The van der Waals surface area contributed by atoms with Gasteiger partial charge in [-0.2, -0.15) is 0 Å². The topological polar surface area (TPSA) is 78.4 Å². The number of urea groups is 1. The maximum atomic E-state index is 11.4. The zero-order chi connectivity index (χ0) is 12.0. The van der Waals surface area contributed by atoms with Crippen molar-refractivity contribution in [3.05, 3.63) is 0 Å². The fourth-order valence-corrected chi connectivity index (χ4v) is 1.88. The van der Waals surface area contributed by atoms with Crippen LogP contribution in [0.25, 0.3) is 0 Å². The number of nitrogens with one attached hydrogen (secondary N) is 2. The normalized spacial score (nSPS) is 17.4. The Labute approximate surface area is 94.6 Å². The van der Waals surface area contributed by atoms with E-state index in [1.165, 1.54) is 0 Å². The van der Waals surface area contributed by atoms with Gasteiger partial charge in [-0.3, -0.25) is 0 Å². The molecule has 0 atom stereocenters. The molecule has 0 aromatic carbocycles. The zero-order valence-electron chi connectivity index (χ0n) is 9.08. The van der Waals surface area contributed by atoms with E-state index in [0.29, 0.717) is 25.8 Å². The third-order valence-electron chi connectivity index (χ3n) is 2.77. The van der Waals surface area contributed by atoms with Crippen LogP contribution in [-0.4, -0.2) is 29.2 Å². The summed E-state index contributed by atoms with van der Waals surface area (Å²) in [7, 11) is 0. The summed E-state index contributed by atoms with van der Waals surface area (Å²) >= 11 is 0. The Morgan fingerprint density at radius 1 is 1.38 bits per heavy atom. The second-order valence-corrected chi connectivity index (χ2v) is 3.93. The first-order valence-corrected chi connectivity index (χ1v) is 5.33. The summed E-state index contributed by atoms with van der Waals surface area (Å²) in [5.74, 6) is 1.43. The molecule has 5 nitrogen and oxygen atoms in total. The molecule has 16 heavy (non-hydrogen) atoms. The Morgan fingerprint density at radius 3 is 2.50 bits per heavy atom. The number of carbonyl (C=O) groups is 2. The summed E-state index contributed by atoms with van der Waals surface area (Å²) in [5, 5.41) is 14.2. The molecule has 0 bridgehead atoms. The molecule has 0 unspecified atom stereocenters.